The summed E-state index contributed by atoms with van der Waals surface area (Å²) in [5.74, 6) is -2.24. The maximum atomic E-state index is 12.0. The summed E-state index contributed by atoms with van der Waals surface area (Å²) in [5, 5.41) is 15.5. The normalized spacial score (nSPS) is 10.3. The van der Waals surface area contributed by atoms with Crippen LogP contribution in [0.5, 0.6) is 0 Å². The molecule has 2 N–H and O–H groups in total. The molecule has 0 atom stereocenters. The molecule has 122 valence electrons. The molecule has 0 aliphatic rings. The summed E-state index contributed by atoms with van der Waals surface area (Å²) in [4.78, 5) is 33.8. The van der Waals surface area contributed by atoms with E-state index < -0.39 is 11.9 Å². The number of carboxylic acids is 1. The molecule has 0 fully saturated rings. The van der Waals surface area contributed by atoms with Gasteiger partial charge in [0.25, 0.3) is 0 Å². The summed E-state index contributed by atoms with van der Waals surface area (Å²) in [5.41, 5.74) is 1.85. The van der Waals surface area contributed by atoms with Crippen LogP contribution in [-0.2, 0) is 20.8 Å². The second kappa shape index (κ2) is 8.28. The lowest BCUT2D eigenvalue weighted by molar-refractivity contribution is -0.297. The van der Waals surface area contributed by atoms with Gasteiger partial charge in [0, 0.05) is 17.5 Å². The third-order valence-corrected chi connectivity index (χ3v) is 2.99. The van der Waals surface area contributed by atoms with Crippen molar-refractivity contribution in [1.29, 1.82) is 0 Å². The molecule has 6 nitrogen and oxygen atoms in total. The number of amides is 2. The lowest BCUT2D eigenvalue weighted by atomic mass is 10.1. The Morgan fingerprint density at radius 1 is 0.875 bits per heavy atom. The van der Waals surface area contributed by atoms with E-state index in [4.69, 9.17) is 0 Å². The first-order valence-corrected chi connectivity index (χ1v) is 7.17. The Bertz CT molecular complexity index is 770. The predicted molar refractivity (Wildman–Crippen MR) is 88.0 cm³/mol. The summed E-state index contributed by atoms with van der Waals surface area (Å²) in [6, 6.07) is 15.9. The number of rotatable bonds is 6. The summed E-state index contributed by atoms with van der Waals surface area (Å²) >= 11 is 0. The van der Waals surface area contributed by atoms with Gasteiger partial charge in [-0.25, -0.2) is 0 Å². The van der Waals surface area contributed by atoms with Crippen molar-refractivity contribution >= 4 is 29.2 Å². The predicted octanol–water partition coefficient (Wildman–Crippen LogP) is 1.11. The molecule has 0 spiro atoms. The molecule has 2 amide bonds. The minimum atomic E-state index is -1.45. The Labute approximate surface area is 138 Å². The van der Waals surface area contributed by atoms with Crippen LogP contribution in [0.25, 0.3) is 0 Å². The third-order valence-electron chi connectivity index (χ3n) is 2.99. The molecule has 0 saturated heterocycles. The monoisotopic (exact) mass is 323 g/mol. The highest BCUT2D eigenvalue weighted by molar-refractivity contribution is 6.02. The molecule has 0 bridgehead atoms. The maximum absolute atomic E-state index is 12.0. The molecule has 0 heterocycles. The number of aliphatic carboxylic acids is 1. The molecule has 6 heteroatoms. The second-order valence-corrected chi connectivity index (χ2v) is 4.93. The molecule has 2 aromatic carbocycles. The number of carbonyl (C=O) groups excluding carboxylic acids is 3. The van der Waals surface area contributed by atoms with Gasteiger partial charge in [-0.3, -0.25) is 9.59 Å². The van der Waals surface area contributed by atoms with Gasteiger partial charge in [0.1, 0.15) is 0 Å². The van der Waals surface area contributed by atoms with Gasteiger partial charge < -0.3 is 20.5 Å². The number of carboxylic acid groups (broad SMARTS) is 1. The van der Waals surface area contributed by atoms with Crippen LogP contribution in [-0.4, -0.2) is 17.8 Å². The van der Waals surface area contributed by atoms with E-state index >= 15 is 0 Å². The van der Waals surface area contributed by atoms with Gasteiger partial charge >= 0.3 is 0 Å². The van der Waals surface area contributed by atoms with Crippen LogP contribution in [0.3, 0.4) is 0 Å². The Morgan fingerprint density at radius 2 is 1.54 bits per heavy atom. The van der Waals surface area contributed by atoms with Crippen molar-refractivity contribution in [3.8, 4) is 0 Å². The van der Waals surface area contributed by atoms with E-state index in [0.717, 1.165) is 11.6 Å². The first-order chi connectivity index (χ1) is 11.5. The quantitative estimate of drug-likeness (QED) is 0.778. The van der Waals surface area contributed by atoms with Crippen molar-refractivity contribution in [3.05, 3.63) is 72.3 Å². The number of hydrogen-bond donors (Lipinski definition) is 2. The van der Waals surface area contributed by atoms with Crippen molar-refractivity contribution < 1.29 is 19.5 Å². The molecule has 2 aromatic rings. The van der Waals surface area contributed by atoms with Crippen molar-refractivity contribution in [3.63, 3.8) is 0 Å². The average molecular weight is 323 g/mol. The van der Waals surface area contributed by atoms with E-state index in [2.05, 4.69) is 10.6 Å². The molecule has 0 aliphatic carbocycles. The molecule has 24 heavy (non-hydrogen) atoms. The fourth-order valence-electron chi connectivity index (χ4n) is 1.99. The summed E-state index contributed by atoms with van der Waals surface area (Å²) in [7, 11) is 0. The fraction of sp³-hybridized carbons (Fsp3) is 0.0556. The summed E-state index contributed by atoms with van der Waals surface area (Å²) in [6.07, 6.45) is 1.74. The lowest BCUT2D eigenvalue weighted by Gasteiger charge is -2.08. The molecule has 0 aliphatic heterocycles. The van der Waals surface area contributed by atoms with Crippen LogP contribution in [0.2, 0.25) is 0 Å². The van der Waals surface area contributed by atoms with Crippen molar-refractivity contribution in [2.45, 2.75) is 6.42 Å². The van der Waals surface area contributed by atoms with Crippen LogP contribution in [0.4, 0.5) is 11.4 Å². The molecule has 0 aromatic heterocycles. The molecular formula is C18H15N2O4-. The zero-order valence-electron chi connectivity index (χ0n) is 12.7. The van der Waals surface area contributed by atoms with Gasteiger partial charge in [0.05, 0.1) is 12.4 Å². The SMILES string of the molecule is O=C([O-])/C=C\C(=O)Nc1cccc(NC(=O)Cc2ccccc2)c1. The number of benzene rings is 2. The van der Waals surface area contributed by atoms with Crippen molar-refractivity contribution in [1.82, 2.24) is 0 Å². The van der Waals surface area contributed by atoms with Crippen LogP contribution in [0.1, 0.15) is 5.56 Å². The highest BCUT2D eigenvalue weighted by Gasteiger charge is 2.05. The lowest BCUT2D eigenvalue weighted by Crippen LogP contribution is -2.20. The van der Waals surface area contributed by atoms with Crippen molar-refractivity contribution in [2.75, 3.05) is 10.6 Å². The molecule has 0 saturated carbocycles. The van der Waals surface area contributed by atoms with Crippen LogP contribution < -0.4 is 15.7 Å². The number of anilines is 2. The average Bonchev–Trinajstić information content (AvgIpc) is 2.54. The van der Waals surface area contributed by atoms with E-state index in [1.807, 2.05) is 30.3 Å². The summed E-state index contributed by atoms with van der Waals surface area (Å²) in [6.45, 7) is 0. The largest absolute Gasteiger partial charge is 0.545 e. The van der Waals surface area contributed by atoms with E-state index in [1.165, 1.54) is 0 Å². The fourth-order valence-corrected chi connectivity index (χ4v) is 1.99. The number of hydrogen-bond acceptors (Lipinski definition) is 4. The van der Waals surface area contributed by atoms with Crippen LogP contribution in [0, 0.1) is 0 Å². The Hall–Kier alpha value is -3.41. The molecule has 2 rings (SSSR count). The Kier molecular flexibility index (Phi) is 5.85. The number of carbonyl (C=O) groups is 3. The van der Waals surface area contributed by atoms with Crippen LogP contribution >= 0.6 is 0 Å². The Morgan fingerprint density at radius 3 is 2.21 bits per heavy atom. The van der Waals surface area contributed by atoms with Gasteiger partial charge in [0.15, 0.2) is 0 Å². The molecule has 0 unspecified atom stereocenters. The smallest absolute Gasteiger partial charge is 0.248 e. The minimum Gasteiger partial charge on any atom is -0.545 e. The van der Waals surface area contributed by atoms with E-state index in [1.54, 1.807) is 24.3 Å². The van der Waals surface area contributed by atoms with Gasteiger partial charge in [-0.2, -0.15) is 0 Å². The number of nitrogens with one attached hydrogen (secondary N) is 2. The first-order valence-electron chi connectivity index (χ1n) is 7.17. The zero-order chi connectivity index (χ0) is 17.4. The van der Waals surface area contributed by atoms with Crippen LogP contribution in [0.15, 0.2) is 66.7 Å². The third kappa shape index (κ3) is 5.76. The van der Waals surface area contributed by atoms with E-state index in [9.17, 15) is 19.5 Å². The van der Waals surface area contributed by atoms with Crippen molar-refractivity contribution in [2.24, 2.45) is 0 Å². The first kappa shape index (κ1) is 17.0. The molecule has 0 radical (unpaired) electrons. The highest BCUT2D eigenvalue weighted by atomic mass is 16.4. The van der Waals surface area contributed by atoms with E-state index in [0.29, 0.717) is 17.5 Å². The second-order valence-electron chi connectivity index (χ2n) is 4.93. The molecular weight excluding hydrogens is 308 g/mol. The van der Waals surface area contributed by atoms with Gasteiger partial charge in [-0.05, 0) is 29.8 Å². The zero-order valence-corrected chi connectivity index (χ0v) is 12.7. The Balaban J connectivity index is 1.96. The van der Waals surface area contributed by atoms with E-state index in [-0.39, 0.29) is 12.3 Å². The topological polar surface area (TPSA) is 98.3 Å². The maximum Gasteiger partial charge on any atom is 0.248 e. The standard InChI is InChI=1S/C18H16N2O4/c21-16(9-10-18(23)24)19-14-7-4-8-15(12-14)20-17(22)11-13-5-2-1-3-6-13/h1-10,12H,11H2,(H,19,21)(H,20,22)(H,23,24)/p-1/b10-9-. The minimum absolute atomic E-state index is 0.179. The summed E-state index contributed by atoms with van der Waals surface area (Å²) < 4.78 is 0. The highest BCUT2D eigenvalue weighted by Crippen LogP contribution is 2.15. The van der Waals surface area contributed by atoms with Gasteiger partial charge in [0.2, 0.25) is 11.8 Å². The van der Waals surface area contributed by atoms with Gasteiger partial charge in [-0.1, -0.05) is 36.4 Å². The van der Waals surface area contributed by atoms with Gasteiger partial charge in [-0.15, -0.1) is 0 Å².